The molecule has 2 N–H and O–H groups in total. The van der Waals surface area contributed by atoms with Gasteiger partial charge >= 0.3 is 0 Å². The van der Waals surface area contributed by atoms with E-state index in [-0.39, 0.29) is 11.8 Å². The highest BCUT2D eigenvalue weighted by Crippen LogP contribution is 2.25. The molecule has 0 bridgehead atoms. The lowest BCUT2D eigenvalue weighted by atomic mass is 10.1. The summed E-state index contributed by atoms with van der Waals surface area (Å²) in [7, 11) is 3.16. The smallest absolute Gasteiger partial charge is 0.257 e. The van der Waals surface area contributed by atoms with E-state index >= 15 is 0 Å². The van der Waals surface area contributed by atoms with Gasteiger partial charge in [-0.2, -0.15) is 0 Å². The molecule has 0 atom stereocenters. The summed E-state index contributed by atoms with van der Waals surface area (Å²) in [5, 5.41) is 5.68. The second-order valence-corrected chi connectivity index (χ2v) is 6.60. The monoisotopic (exact) mass is 404 g/mol. The van der Waals surface area contributed by atoms with Gasteiger partial charge < -0.3 is 20.1 Å². The second-order valence-electron chi connectivity index (χ2n) is 6.60. The minimum absolute atomic E-state index is 0.164. The summed E-state index contributed by atoms with van der Waals surface area (Å²) in [4.78, 5) is 25.2. The Morgan fingerprint density at radius 3 is 2.13 bits per heavy atom. The van der Waals surface area contributed by atoms with Crippen LogP contribution in [0.4, 0.5) is 11.4 Å². The highest BCUT2D eigenvalue weighted by atomic mass is 16.5. The van der Waals surface area contributed by atoms with E-state index < -0.39 is 0 Å². The summed E-state index contributed by atoms with van der Waals surface area (Å²) >= 11 is 0. The maximum absolute atomic E-state index is 12.8. The number of aryl methyl sites for hydroxylation is 1. The van der Waals surface area contributed by atoms with E-state index in [1.165, 1.54) is 0 Å². The fourth-order valence-corrected chi connectivity index (χ4v) is 2.99. The number of carbonyl (C=O) groups is 2. The Hall–Kier alpha value is -3.80. The third kappa shape index (κ3) is 5.38. The van der Waals surface area contributed by atoms with Crippen LogP contribution in [0.3, 0.4) is 0 Å². The normalized spacial score (nSPS) is 10.2. The molecule has 0 radical (unpaired) electrons. The van der Waals surface area contributed by atoms with Crippen LogP contribution in [-0.2, 0) is 11.2 Å². The molecule has 3 aromatic rings. The van der Waals surface area contributed by atoms with Gasteiger partial charge in [0.1, 0.15) is 11.5 Å². The van der Waals surface area contributed by atoms with Crippen molar-refractivity contribution in [2.24, 2.45) is 0 Å². The quantitative estimate of drug-likeness (QED) is 0.578. The standard InChI is InChI=1S/C24H24N2O4/c1-29-18-14-11-17(12-15-18)13-16-23(27)25-20-8-4-3-7-19(20)24(28)26-21-9-5-6-10-22(21)30-2/h3-12,14-15H,13,16H2,1-2H3,(H,25,27)(H,26,28). The maximum atomic E-state index is 12.8. The lowest BCUT2D eigenvalue weighted by molar-refractivity contribution is -0.116. The van der Waals surface area contributed by atoms with Crippen molar-refractivity contribution in [2.75, 3.05) is 24.9 Å². The summed E-state index contributed by atoms with van der Waals surface area (Å²) in [6.07, 6.45) is 0.889. The van der Waals surface area contributed by atoms with Crippen LogP contribution in [0.1, 0.15) is 22.3 Å². The molecule has 0 fully saturated rings. The first-order valence-electron chi connectivity index (χ1n) is 9.57. The van der Waals surface area contributed by atoms with Crippen molar-refractivity contribution in [3.05, 3.63) is 83.9 Å². The number of ether oxygens (including phenoxy) is 2. The van der Waals surface area contributed by atoms with Gasteiger partial charge in [-0.15, -0.1) is 0 Å². The minimum Gasteiger partial charge on any atom is -0.497 e. The summed E-state index contributed by atoms with van der Waals surface area (Å²) in [6.45, 7) is 0. The van der Waals surface area contributed by atoms with Crippen LogP contribution in [0.15, 0.2) is 72.8 Å². The predicted octanol–water partition coefficient (Wildman–Crippen LogP) is 4.53. The third-order valence-corrected chi connectivity index (χ3v) is 4.60. The molecule has 0 saturated heterocycles. The van der Waals surface area contributed by atoms with E-state index in [1.54, 1.807) is 50.6 Å². The zero-order chi connectivity index (χ0) is 21.3. The molecule has 0 unspecified atom stereocenters. The molecule has 0 saturated carbocycles. The van der Waals surface area contributed by atoms with Gasteiger partial charge in [0, 0.05) is 6.42 Å². The molecular formula is C24H24N2O4. The number of hydrogen-bond donors (Lipinski definition) is 2. The van der Waals surface area contributed by atoms with Crippen molar-refractivity contribution in [3.8, 4) is 11.5 Å². The Labute approximate surface area is 175 Å². The van der Waals surface area contributed by atoms with Crippen LogP contribution < -0.4 is 20.1 Å². The van der Waals surface area contributed by atoms with Gasteiger partial charge in [-0.25, -0.2) is 0 Å². The summed E-state index contributed by atoms with van der Waals surface area (Å²) in [5.41, 5.74) is 2.43. The van der Waals surface area contributed by atoms with Gasteiger partial charge in [0.25, 0.3) is 5.91 Å². The molecule has 154 valence electrons. The number of rotatable bonds is 8. The third-order valence-electron chi connectivity index (χ3n) is 4.60. The van der Waals surface area contributed by atoms with Crippen LogP contribution >= 0.6 is 0 Å². The van der Waals surface area contributed by atoms with E-state index in [2.05, 4.69) is 10.6 Å². The van der Waals surface area contributed by atoms with E-state index in [9.17, 15) is 9.59 Å². The lowest BCUT2D eigenvalue weighted by Gasteiger charge is -2.13. The molecule has 30 heavy (non-hydrogen) atoms. The van der Waals surface area contributed by atoms with Crippen LogP contribution in [0, 0.1) is 0 Å². The van der Waals surface area contributed by atoms with Crippen LogP contribution in [0.5, 0.6) is 11.5 Å². The van der Waals surface area contributed by atoms with Gasteiger partial charge in [0.2, 0.25) is 5.91 Å². The van der Waals surface area contributed by atoms with E-state index in [1.807, 2.05) is 36.4 Å². The number of para-hydroxylation sites is 3. The van der Waals surface area contributed by atoms with Gasteiger partial charge in [-0.1, -0.05) is 36.4 Å². The molecule has 0 aliphatic heterocycles. The number of hydrogen-bond acceptors (Lipinski definition) is 4. The van der Waals surface area contributed by atoms with Gasteiger partial charge in [0.05, 0.1) is 31.2 Å². The first-order valence-corrected chi connectivity index (χ1v) is 9.57. The predicted molar refractivity (Wildman–Crippen MR) is 117 cm³/mol. The van der Waals surface area contributed by atoms with Crippen LogP contribution in [0.25, 0.3) is 0 Å². The number of benzene rings is 3. The van der Waals surface area contributed by atoms with Crippen molar-refractivity contribution >= 4 is 23.2 Å². The van der Waals surface area contributed by atoms with E-state index in [0.29, 0.717) is 35.5 Å². The van der Waals surface area contributed by atoms with Crippen molar-refractivity contribution in [3.63, 3.8) is 0 Å². The Morgan fingerprint density at radius 2 is 1.43 bits per heavy atom. The number of methoxy groups -OCH3 is 2. The topological polar surface area (TPSA) is 76.7 Å². The Bertz CT molecular complexity index is 1020. The molecule has 2 amide bonds. The molecule has 0 spiro atoms. The molecule has 0 aliphatic carbocycles. The second kappa shape index (κ2) is 10.1. The number of nitrogens with one attached hydrogen (secondary N) is 2. The highest BCUT2D eigenvalue weighted by molar-refractivity contribution is 6.10. The number of amides is 2. The Balaban J connectivity index is 1.65. The molecule has 3 rings (SSSR count). The first kappa shape index (κ1) is 20.9. The summed E-state index contributed by atoms with van der Waals surface area (Å²) in [6, 6.07) is 21.7. The van der Waals surface area contributed by atoms with Crippen molar-refractivity contribution in [2.45, 2.75) is 12.8 Å². The zero-order valence-corrected chi connectivity index (χ0v) is 17.0. The molecular weight excluding hydrogens is 380 g/mol. The summed E-state index contributed by atoms with van der Waals surface area (Å²) in [5.74, 6) is 0.846. The lowest BCUT2D eigenvalue weighted by Crippen LogP contribution is -2.18. The molecule has 0 heterocycles. The van der Waals surface area contributed by atoms with Gasteiger partial charge in [-0.05, 0) is 48.4 Å². The average Bonchev–Trinajstić information content (AvgIpc) is 2.78. The van der Waals surface area contributed by atoms with Crippen LogP contribution in [0.2, 0.25) is 0 Å². The van der Waals surface area contributed by atoms with E-state index in [4.69, 9.17) is 9.47 Å². The molecule has 0 aliphatic rings. The molecule has 0 aromatic heterocycles. The summed E-state index contributed by atoms with van der Waals surface area (Å²) < 4.78 is 10.4. The fraction of sp³-hybridized carbons (Fsp3) is 0.167. The first-order chi connectivity index (χ1) is 14.6. The minimum atomic E-state index is -0.328. The van der Waals surface area contributed by atoms with Crippen molar-refractivity contribution in [1.29, 1.82) is 0 Å². The number of carbonyl (C=O) groups excluding carboxylic acids is 2. The largest absolute Gasteiger partial charge is 0.497 e. The van der Waals surface area contributed by atoms with Crippen molar-refractivity contribution in [1.82, 2.24) is 0 Å². The fourth-order valence-electron chi connectivity index (χ4n) is 2.99. The van der Waals surface area contributed by atoms with Gasteiger partial charge in [-0.3, -0.25) is 9.59 Å². The van der Waals surface area contributed by atoms with Crippen molar-refractivity contribution < 1.29 is 19.1 Å². The molecule has 6 nitrogen and oxygen atoms in total. The average molecular weight is 404 g/mol. The number of anilines is 2. The SMILES string of the molecule is COc1ccc(CCC(=O)Nc2ccccc2C(=O)Nc2ccccc2OC)cc1. The maximum Gasteiger partial charge on any atom is 0.257 e. The Kier molecular flexibility index (Phi) is 7.05. The highest BCUT2D eigenvalue weighted by Gasteiger charge is 2.15. The van der Waals surface area contributed by atoms with E-state index in [0.717, 1.165) is 11.3 Å². The molecule has 3 aromatic carbocycles. The van der Waals surface area contributed by atoms with Gasteiger partial charge in [0.15, 0.2) is 0 Å². The zero-order valence-electron chi connectivity index (χ0n) is 17.0. The Morgan fingerprint density at radius 1 is 0.767 bits per heavy atom. The van der Waals surface area contributed by atoms with Crippen LogP contribution in [-0.4, -0.2) is 26.0 Å². The molecule has 6 heteroatoms.